The number of hydrogen-bond acceptors (Lipinski definition) is 3. The van der Waals surface area contributed by atoms with Crippen molar-refractivity contribution in [3.05, 3.63) is 0 Å². The zero-order valence-corrected chi connectivity index (χ0v) is 9.90. The Hall–Kier alpha value is -0.220. The second kappa shape index (κ2) is 9.34. The van der Waals surface area contributed by atoms with Crippen molar-refractivity contribution in [2.24, 2.45) is 0 Å². The number of thioether (sulfide) groups is 1. The van der Waals surface area contributed by atoms with E-state index in [0.717, 1.165) is 5.75 Å². The van der Waals surface area contributed by atoms with E-state index in [-0.39, 0.29) is 6.04 Å². The maximum Gasteiger partial charge on any atom is 0.321 e. The second-order valence-corrected chi connectivity index (χ2v) is 4.38. The summed E-state index contributed by atoms with van der Waals surface area (Å²) in [5.41, 5.74) is 0. The van der Waals surface area contributed by atoms with E-state index in [0.29, 0.717) is 12.3 Å². The molecule has 2 N–H and O–H groups in total. The van der Waals surface area contributed by atoms with Gasteiger partial charge in [-0.05, 0) is 18.7 Å². The van der Waals surface area contributed by atoms with Gasteiger partial charge in [-0.3, -0.25) is 4.79 Å². The maximum atomic E-state index is 10.7. The lowest BCUT2D eigenvalue weighted by atomic mass is 10.3. The zero-order valence-electron chi connectivity index (χ0n) is 9.08. The van der Waals surface area contributed by atoms with Gasteiger partial charge in [-0.2, -0.15) is 11.8 Å². The van der Waals surface area contributed by atoms with Crippen LogP contribution in [0, 0.1) is 0 Å². The van der Waals surface area contributed by atoms with Crippen molar-refractivity contribution in [3.63, 3.8) is 0 Å². The topological polar surface area (TPSA) is 49.3 Å². The molecule has 0 fully saturated rings. The Labute approximate surface area is 90.7 Å². The third-order valence-corrected chi connectivity index (χ3v) is 3.07. The van der Waals surface area contributed by atoms with Crippen molar-refractivity contribution in [1.82, 2.24) is 5.32 Å². The van der Waals surface area contributed by atoms with Gasteiger partial charge in [0.25, 0.3) is 0 Å². The third-order valence-electron chi connectivity index (χ3n) is 1.93. The Morgan fingerprint density at radius 1 is 1.43 bits per heavy atom. The molecule has 0 saturated carbocycles. The first-order valence-electron chi connectivity index (χ1n) is 5.26. The number of rotatable bonds is 9. The van der Waals surface area contributed by atoms with Crippen molar-refractivity contribution in [1.29, 1.82) is 0 Å². The highest BCUT2D eigenvalue weighted by Crippen LogP contribution is 2.07. The fraction of sp³-hybridized carbons (Fsp3) is 0.900. The van der Waals surface area contributed by atoms with Crippen molar-refractivity contribution < 1.29 is 9.90 Å². The highest BCUT2D eigenvalue weighted by Gasteiger charge is 2.14. The predicted molar refractivity (Wildman–Crippen MR) is 62.0 cm³/mol. The van der Waals surface area contributed by atoms with Crippen LogP contribution in [0.4, 0.5) is 0 Å². The van der Waals surface area contributed by atoms with Crippen molar-refractivity contribution in [2.45, 2.75) is 39.2 Å². The van der Waals surface area contributed by atoms with Gasteiger partial charge in [-0.25, -0.2) is 0 Å². The van der Waals surface area contributed by atoms with Crippen LogP contribution in [-0.2, 0) is 4.79 Å². The zero-order chi connectivity index (χ0) is 10.8. The molecule has 4 heteroatoms. The molecule has 0 aromatic carbocycles. The van der Waals surface area contributed by atoms with E-state index >= 15 is 0 Å². The predicted octanol–water partition coefficient (Wildman–Crippen LogP) is 1.97. The Kier molecular flexibility index (Phi) is 9.19. The summed E-state index contributed by atoms with van der Waals surface area (Å²) in [7, 11) is 0. The highest BCUT2D eigenvalue weighted by atomic mass is 32.2. The summed E-state index contributed by atoms with van der Waals surface area (Å²) in [5.74, 6) is 1.01. The monoisotopic (exact) mass is 219 g/mol. The average Bonchev–Trinajstić information content (AvgIpc) is 2.15. The second-order valence-electron chi connectivity index (χ2n) is 3.23. The van der Waals surface area contributed by atoms with E-state index in [1.165, 1.54) is 19.3 Å². The van der Waals surface area contributed by atoms with Crippen LogP contribution < -0.4 is 5.32 Å². The summed E-state index contributed by atoms with van der Waals surface area (Å²) >= 11 is 1.73. The van der Waals surface area contributed by atoms with Gasteiger partial charge in [0.05, 0.1) is 0 Å². The van der Waals surface area contributed by atoms with E-state index in [4.69, 9.17) is 5.11 Å². The van der Waals surface area contributed by atoms with Crippen molar-refractivity contribution in [3.8, 4) is 0 Å². The molecule has 1 atom stereocenters. The van der Waals surface area contributed by atoms with Gasteiger partial charge < -0.3 is 10.4 Å². The van der Waals surface area contributed by atoms with E-state index in [9.17, 15) is 4.79 Å². The minimum absolute atomic E-state index is 0.383. The highest BCUT2D eigenvalue weighted by molar-refractivity contribution is 7.99. The smallest absolute Gasteiger partial charge is 0.321 e. The molecule has 0 aliphatic carbocycles. The third kappa shape index (κ3) is 7.21. The van der Waals surface area contributed by atoms with Crippen LogP contribution in [0.15, 0.2) is 0 Å². The fourth-order valence-corrected chi connectivity index (χ4v) is 2.19. The summed E-state index contributed by atoms with van der Waals surface area (Å²) in [4.78, 5) is 10.7. The molecule has 84 valence electrons. The first-order valence-corrected chi connectivity index (χ1v) is 6.41. The van der Waals surface area contributed by atoms with E-state index in [1.807, 2.05) is 6.92 Å². The molecule has 0 rings (SSSR count). The number of carboxylic acids is 1. The van der Waals surface area contributed by atoms with Gasteiger partial charge in [0.1, 0.15) is 6.04 Å². The van der Waals surface area contributed by atoms with Gasteiger partial charge in [-0.1, -0.05) is 26.7 Å². The molecule has 0 amide bonds. The Morgan fingerprint density at radius 3 is 2.64 bits per heavy atom. The van der Waals surface area contributed by atoms with Crippen molar-refractivity contribution in [2.75, 3.05) is 18.1 Å². The Morgan fingerprint density at radius 2 is 2.14 bits per heavy atom. The van der Waals surface area contributed by atoms with Crippen LogP contribution in [-0.4, -0.2) is 35.2 Å². The van der Waals surface area contributed by atoms with E-state index in [2.05, 4.69) is 12.2 Å². The molecule has 0 heterocycles. The number of nitrogens with one attached hydrogen (secondary N) is 1. The average molecular weight is 219 g/mol. The molecule has 3 nitrogen and oxygen atoms in total. The normalized spacial score (nSPS) is 12.7. The van der Waals surface area contributed by atoms with Gasteiger partial charge in [-0.15, -0.1) is 0 Å². The molecule has 0 aliphatic rings. The van der Waals surface area contributed by atoms with Gasteiger partial charge in [0, 0.05) is 5.75 Å². The molecule has 0 aliphatic heterocycles. The van der Waals surface area contributed by atoms with Crippen LogP contribution in [0.25, 0.3) is 0 Å². The molecule has 14 heavy (non-hydrogen) atoms. The maximum absolute atomic E-state index is 10.7. The molecule has 1 unspecified atom stereocenters. The van der Waals surface area contributed by atoms with E-state index in [1.54, 1.807) is 11.8 Å². The van der Waals surface area contributed by atoms with Crippen LogP contribution in [0.5, 0.6) is 0 Å². The number of hydrogen-bond donors (Lipinski definition) is 2. The largest absolute Gasteiger partial charge is 0.480 e. The number of likely N-dealkylation sites (N-methyl/N-ethyl adjacent to an activating group) is 1. The molecule has 0 spiro atoms. The summed E-state index contributed by atoms with van der Waals surface area (Å²) in [5, 5.41) is 11.8. The Bertz CT molecular complexity index is 153. The minimum atomic E-state index is -0.741. The number of aliphatic carboxylic acids is 1. The SMILES string of the molecule is CCCCCSCC(NCC)C(=O)O. The van der Waals surface area contributed by atoms with Crippen LogP contribution in [0.3, 0.4) is 0 Å². The van der Waals surface area contributed by atoms with Gasteiger partial charge >= 0.3 is 5.97 Å². The quantitative estimate of drug-likeness (QED) is 0.582. The summed E-state index contributed by atoms with van der Waals surface area (Å²) < 4.78 is 0. The molecule has 0 aromatic heterocycles. The van der Waals surface area contributed by atoms with Crippen LogP contribution in [0.1, 0.15) is 33.1 Å². The number of carbonyl (C=O) groups is 1. The standard InChI is InChI=1S/C10H21NO2S/c1-3-5-6-7-14-8-9(10(12)13)11-4-2/h9,11H,3-8H2,1-2H3,(H,12,13). The number of carboxylic acid groups (broad SMARTS) is 1. The van der Waals surface area contributed by atoms with Gasteiger partial charge in [0.2, 0.25) is 0 Å². The lowest BCUT2D eigenvalue weighted by Crippen LogP contribution is -2.38. The van der Waals surface area contributed by atoms with Crippen LogP contribution >= 0.6 is 11.8 Å². The lowest BCUT2D eigenvalue weighted by molar-refractivity contribution is -0.138. The molecule has 0 radical (unpaired) electrons. The van der Waals surface area contributed by atoms with Gasteiger partial charge in [0.15, 0.2) is 0 Å². The molecular weight excluding hydrogens is 198 g/mol. The molecular formula is C10H21NO2S. The molecule has 0 saturated heterocycles. The summed E-state index contributed by atoms with van der Waals surface area (Å²) in [6.45, 7) is 4.81. The first kappa shape index (κ1) is 13.8. The fourth-order valence-electron chi connectivity index (χ4n) is 1.12. The molecule has 0 bridgehead atoms. The Balaban J connectivity index is 3.46. The van der Waals surface area contributed by atoms with E-state index < -0.39 is 5.97 Å². The molecule has 0 aromatic rings. The lowest BCUT2D eigenvalue weighted by Gasteiger charge is -2.12. The summed E-state index contributed by atoms with van der Waals surface area (Å²) in [6, 6.07) is -0.383. The minimum Gasteiger partial charge on any atom is -0.480 e. The first-order chi connectivity index (χ1) is 6.72. The summed E-state index contributed by atoms with van der Waals surface area (Å²) in [6.07, 6.45) is 3.65. The number of unbranched alkanes of at least 4 members (excludes halogenated alkanes) is 2. The van der Waals surface area contributed by atoms with Crippen LogP contribution in [0.2, 0.25) is 0 Å². The van der Waals surface area contributed by atoms with Crippen molar-refractivity contribution >= 4 is 17.7 Å².